The Balaban J connectivity index is 2.22. The third kappa shape index (κ3) is 4.99. The van der Waals surface area contributed by atoms with Gasteiger partial charge < -0.3 is 14.2 Å². The predicted octanol–water partition coefficient (Wildman–Crippen LogP) is 5.17. The van der Waals surface area contributed by atoms with E-state index >= 15 is 0 Å². The number of aromatic nitrogens is 1. The van der Waals surface area contributed by atoms with Gasteiger partial charge in [0, 0.05) is 18.2 Å². The first kappa shape index (κ1) is 23.5. The number of carboxylic acid groups (broad SMARTS) is 1. The highest BCUT2D eigenvalue weighted by molar-refractivity contribution is 7.65. The number of hydrogen-bond donors (Lipinski definition) is 1. The molecule has 3 rings (SSSR count). The van der Waals surface area contributed by atoms with Crippen LogP contribution in [0.3, 0.4) is 0 Å². The van der Waals surface area contributed by atoms with E-state index < -0.39 is 31.7 Å². The molecule has 0 saturated carbocycles. The lowest BCUT2D eigenvalue weighted by atomic mass is 9.99. The lowest BCUT2D eigenvalue weighted by molar-refractivity contribution is -0.139. The average Bonchev–Trinajstić information content (AvgIpc) is 3.06. The van der Waals surface area contributed by atoms with Crippen molar-refractivity contribution < 1.29 is 28.2 Å². The van der Waals surface area contributed by atoms with Crippen molar-refractivity contribution in [1.82, 2.24) is 4.57 Å². The summed E-state index contributed by atoms with van der Waals surface area (Å²) in [6.07, 6.45) is -1.33. The van der Waals surface area contributed by atoms with Crippen molar-refractivity contribution in [3.63, 3.8) is 0 Å². The van der Waals surface area contributed by atoms with E-state index in [1.165, 1.54) is 19.2 Å². The number of nitrogens with zero attached hydrogens (tertiary/aromatic N) is 1. The minimum atomic E-state index is -3.74. The number of carboxylic acids is 1. The van der Waals surface area contributed by atoms with Gasteiger partial charge in [-0.15, -0.1) is 0 Å². The fourth-order valence-corrected chi connectivity index (χ4v) is 4.73. The molecule has 8 heteroatoms. The first-order chi connectivity index (χ1) is 15.1. The van der Waals surface area contributed by atoms with Gasteiger partial charge in [0.05, 0.1) is 11.7 Å². The van der Waals surface area contributed by atoms with E-state index in [2.05, 4.69) is 11.6 Å². The molecule has 0 saturated heterocycles. The largest absolute Gasteiger partial charge is 0.481 e. The van der Waals surface area contributed by atoms with Gasteiger partial charge in [-0.2, -0.15) is 0 Å². The number of fused-ring (bicyclic) bond motifs is 1. The molecule has 1 N–H and O–H groups in total. The topological polar surface area (TPSA) is 85.6 Å². The third-order valence-corrected chi connectivity index (χ3v) is 6.76. The second-order valence-electron chi connectivity index (χ2n) is 7.61. The zero-order chi connectivity index (χ0) is 23.5. The van der Waals surface area contributed by atoms with Gasteiger partial charge in [-0.25, -0.2) is 4.39 Å². The van der Waals surface area contributed by atoms with E-state index in [9.17, 15) is 18.5 Å². The molecule has 0 fully saturated rings. The van der Waals surface area contributed by atoms with Crippen LogP contribution < -0.4 is 0 Å². The Hall–Kier alpha value is -3.20. The highest BCUT2D eigenvalue weighted by Crippen LogP contribution is 2.45. The molecule has 0 bridgehead atoms. The Morgan fingerprint density at radius 1 is 1.16 bits per heavy atom. The Morgan fingerprint density at radius 2 is 1.81 bits per heavy atom. The van der Waals surface area contributed by atoms with E-state index in [-0.39, 0.29) is 11.7 Å². The molecule has 1 atom stereocenters. The van der Waals surface area contributed by atoms with Crippen molar-refractivity contribution in [2.45, 2.75) is 26.2 Å². The smallest absolute Gasteiger partial charge is 0.310 e. The summed E-state index contributed by atoms with van der Waals surface area (Å²) < 4.78 is 33.5. The summed E-state index contributed by atoms with van der Waals surface area (Å²) in [5.74, 6) is 0.608. The molecule has 1 unspecified atom stereocenters. The highest BCUT2D eigenvalue weighted by atomic mass is 31.2. The molecular formula is C24H23FNO5P. The number of hydrogen-bond acceptors (Lipinski definition) is 4. The summed E-state index contributed by atoms with van der Waals surface area (Å²) in [6, 6.07) is 13.6. The molecule has 0 spiro atoms. The van der Waals surface area contributed by atoms with Gasteiger partial charge in [-0.05, 0) is 53.4 Å². The molecule has 1 heterocycles. The van der Waals surface area contributed by atoms with Gasteiger partial charge in [-0.1, -0.05) is 32.0 Å². The molecule has 2 aromatic carbocycles. The zero-order valence-corrected chi connectivity index (χ0v) is 18.9. The van der Waals surface area contributed by atoms with Gasteiger partial charge in [0.25, 0.3) is 7.37 Å². The summed E-state index contributed by atoms with van der Waals surface area (Å²) in [4.78, 5) is 22.7. The molecule has 0 aliphatic carbocycles. The van der Waals surface area contributed by atoms with Gasteiger partial charge in [0.15, 0.2) is 5.78 Å². The van der Waals surface area contributed by atoms with Gasteiger partial charge in [0.2, 0.25) is 0 Å². The standard InChI is InChI=1S/C24H23FNO5P/c1-16(2)24-20-6-4-5-7-21(20)26(18-10-8-17(25)9-11-18)22(24)12-13-32(30,31-3)15-19(27)14-23(28)29/h4-11,16H,14-15H2,1-3H3,(H,28,29). The Kier molecular flexibility index (Phi) is 6.98. The fourth-order valence-electron chi connectivity index (χ4n) is 3.58. The molecule has 1 aromatic heterocycles. The monoisotopic (exact) mass is 455 g/mol. The summed E-state index contributed by atoms with van der Waals surface area (Å²) in [7, 11) is -2.55. The van der Waals surface area contributed by atoms with Gasteiger partial charge >= 0.3 is 5.97 Å². The van der Waals surface area contributed by atoms with Crippen LogP contribution in [0.2, 0.25) is 0 Å². The van der Waals surface area contributed by atoms with Crippen LogP contribution >= 0.6 is 7.37 Å². The summed E-state index contributed by atoms with van der Waals surface area (Å²) in [6.45, 7) is 4.02. The maximum absolute atomic E-state index is 13.5. The van der Waals surface area contributed by atoms with Crippen molar-refractivity contribution in [3.05, 3.63) is 65.6 Å². The van der Waals surface area contributed by atoms with Crippen molar-refractivity contribution in [1.29, 1.82) is 0 Å². The number of rotatable bonds is 7. The normalized spacial score (nSPS) is 12.9. The molecule has 6 nitrogen and oxygen atoms in total. The fraction of sp³-hybridized carbons (Fsp3) is 0.250. The lowest BCUT2D eigenvalue weighted by Crippen LogP contribution is -2.11. The van der Waals surface area contributed by atoms with Crippen LogP contribution in [-0.2, 0) is 18.7 Å². The lowest BCUT2D eigenvalue weighted by Gasteiger charge is -2.11. The number of para-hydroxylation sites is 1. The Labute approximate surface area is 185 Å². The molecule has 0 amide bonds. The van der Waals surface area contributed by atoms with Crippen LogP contribution in [0.15, 0.2) is 48.5 Å². The van der Waals surface area contributed by atoms with Crippen LogP contribution in [0.1, 0.15) is 37.4 Å². The maximum Gasteiger partial charge on any atom is 0.310 e. The number of ketones is 1. The average molecular weight is 455 g/mol. The molecule has 0 aliphatic heterocycles. The summed E-state index contributed by atoms with van der Waals surface area (Å²) >= 11 is 0. The number of carbonyl (C=O) groups is 2. The second-order valence-corrected chi connectivity index (χ2v) is 9.86. The van der Waals surface area contributed by atoms with Crippen LogP contribution in [0.25, 0.3) is 16.6 Å². The van der Waals surface area contributed by atoms with Crippen molar-refractivity contribution in [3.8, 4) is 17.3 Å². The number of aliphatic carboxylic acids is 1. The van der Waals surface area contributed by atoms with Gasteiger partial charge in [-0.3, -0.25) is 14.2 Å². The number of benzene rings is 2. The van der Waals surface area contributed by atoms with Crippen LogP contribution in [0, 0.1) is 17.4 Å². The minimum absolute atomic E-state index is 0.0569. The Bertz CT molecular complexity index is 1280. The van der Waals surface area contributed by atoms with Crippen molar-refractivity contribution in [2.24, 2.45) is 0 Å². The first-order valence-electron chi connectivity index (χ1n) is 9.96. The van der Waals surface area contributed by atoms with Crippen LogP contribution in [-0.4, -0.2) is 34.7 Å². The quantitative estimate of drug-likeness (QED) is 0.302. The summed E-state index contributed by atoms with van der Waals surface area (Å²) in [5.41, 5.74) is 5.61. The minimum Gasteiger partial charge on any atom is -0.481 e. The maximum atomic E-state index is 13.5. The van der Waals surface area contributed by atoms with Crippen LogP contribution in [0.5, 0.6) is 0 Å². The van der Waals surface area contributed by atoms with Crippen molar-refractivity contribution >= 4 is 30.0 Å². The molecule has 32 heavy (non-hydrogen) atoms. The van der Waals surface area contributed by atoms with Crippen LogP contribution in [0.4, 0.5) is 4.39 Å². The van der Waals surface area contributed by atoms with E-state index in [1.807, 2.05) is 42.7 Å². The van der Waals surface area contributed by atoms with E-state index in [0.717, 1.165) is 16.5 Å². The number of halogens is 1. The number of carbonyl (C=O) groups excluding carboxylic acids is 1. The highest BCUT2D eigenvalue weighted by Gasteiger charge is 2.26. The zero-order valence-electron chi connectivity index (χ0n) is 18.0. The van der Waals surface area contributed by atoms with Gasteiger partial charge in [0.1, 0.15) is 17.9 Å². The molecule has 3 aromatic rings. The SMILES string of the molecule is COP(=O)(C#Cc1c(C(C)C)c2ccccc2n1-c1ccc(F)cc1)CC(=O)CC(=O)O. The second kappa shape index (κ2) is 9.52. The van der Waals surface area contributed by atoms with E-state index in [1.54, 1.807) is 12.1 Å². The Morgan fingerprint density at radius 3 is 2.41 bits per heavy atom. The van der Waals surface area contributed by atoms with E-state index in [0.29, 0.717) is 11.4 Å². The molecule has 0 aliphatic rings. The van der Waals surface area contributed by atoms with Crippen molar-refractivity contribution in [2.75, 3.05) is 13.3 Å². The third-order valence-electron chi connectivity index (χ3n) is 4.95. The predicted molar refractivity (Wildman–Crippen MR) is 121 cm³/mol. The molecular weight excluding hydrogens is 432 g/mol. The first-order valence-corrected chi connectivity index (χ1v) is 11.8. The van der Waals surface area contributed by atoms with E-state index in [4.69, 9.17) is 9.63 Å². The summed E-state index contributed by atoms with van der Waals surface area (Å²) in [5, 5.41) is 9.75. The molecule has 0 radical (unpaired) electrons. The number of Topliss-reactive ketones (excluding diaryl/α,β-unsaturated/α-hetero) is 1. The molecule has 166 valence electrons.